The number of benzene rings is 2. The number of amides is 4. The van der Waals surface area contributed by atoms with Gasteiger partial charge in [-0.1, -0.05) is 88.4 Å². The largest absolute Gasteiger partial charge is 0.453 e. The molecule has 0 saturated carbocycles. The molecule has 1 unspecified atom stereocenters. The summed E-state index contributed by atoms with van der Waals surface area (Å²) in [4.78, 5) is 71.5. The molecule has 4 heterocycles. The Morgan fingerprint density at radius 2 is 1.23 bits per heavy atom. The second-order valence-corrected chi connectivity index (χ2v) is 16.3. The van der Waals surface area contributed by atoms with Gasteiger partial charge in [-0.25, -0.2) is 19.6 Å². The molecule has 14 heteroatoms. The van der Waals surface area contributed by atoms with Crippen LogP contribution in [0.25, 0.3) is 33.6 Å². The molecule has 4 amide bonds. The average molecular weight is 779 g/mol. The Kier molecular flexibility index (Phi) is 12.2. The van der Waals surface area contributed by atoms with Gasteiger partial charge in [-0.3, -0.25) is 9.59 Å². The van der Waals surface area contributed by atoms with Gasteiger partial charge in [0, 0.05) is 13.1 Å². The van der Waals surface area contributed by atoms with Crippen LogP contribution in [0.4, 0.5) is 9.59 Å². The fourth-order valence-corrected chi connectivity index (χ4v) is 7.28. The van der Waals surface area contributed by atoms with Crippen molar-refractivity contribution < 1.29 is 28.7 Å². The number of rotatable bonds is 11. The van der Waals surface area contributed by atoms with Crippen molar-refractivity contribution in [2.24, 2.45) is 11.8 Å². The lowest BCUT2D eigenvalue weighted by molar-refractivity contribution is -0.136. The number of likely N-dealkylation sites (tertiary alicyclic amines) is 1. The molecule has 6 rings (SSSR count). The van der Waals surface area contributed by atoms with Crippen LogP contribution in [-0.4, -0.2) is 91.6 Å². The molecular formula is C43H54N8O6. The third-order valence-corrected chi connectivity index (χ3v) is 10.3. The van der Waals surface area contributed by atoms with Gasteiger partial charge in [0.25, 0.3) is 0 Å². The Morgan fingerprint density at radius 3 is 1.75 bits per heavy atom. The lowest BCUT2D eigenvalue weighted by atomic mass is 10.0. The number of aromatic nitrogens is 4. The minimum absolute atomic E-state index is 0.108. The Morgan fingerprint density at radius 1 is 0.737 bits per heavy atom. The van der Waals surface area contributed by atoms with Crippen molar-refractivity contribution in [3.05, 3.63) is 84.7 Å². The molecule has 0 bridgehead atoms. The summed E-state index contributed by atoms with van der Waals surface area (Å²) in [6.45, 7) is 13.9. The summed E-state index contributed by atoms with van der Waals surface area (Å²) in [7, 11) is 1.29. The predicted molar refractivity (Wildman–Crippen MR) is 216 cm³/mol. The number of alkyl carbamates (subject to hydrolysis) is 2. The van der Waals surface area contributed by atoms with Crippen molar-refractivity contribution in [1.82, 2.24) is 40.4 Å². The number of methoxy groups -OCH3 is 1. The van der Waals surface area contributed by atoms with Gasteiger partial charge < -0.3 is 39.9 Å². The minimum Gasteiger partial charge on any atom is -0.453 e. The Bertz CT molecular complexity index is 2080. The third kappa shape index (κ3) is 9.38. The van der Waals surface area contributed by atoms with Crippen LogP contribution in [0, 0.1) is 11.8 Å². The average Bonchev–Trinajstić information content (AvgIpc) is 4.01. The lowest BCUT2D eigenvalue weighted by Crippen LogP contribution is -2.52. The summed E-state index contributed by atoms with van der Waals surface area (Å²) in [6.07, 6.45) is 7.82. The minimum atomic E-state index is -0.753. The zero-order chi connectivity index (χ0) is 41.0. The molecule has 0 spiro atoms. The maximum Gasteiger partial charge on any atom is 0.408 e. The van der Waals surface area contributed by atoms with Gasteiger partial charge in [0.15, 0.2) is 0 Å². The van der Waals surface area contributed by atoms with Gasteiger partial charge in [-0.2, -0.15) is 0 Å². The molecule has 2 aromatic heterocycles. The number of imidazole rings is 2. The van der Waals surface area contributed by atoms with Crippen molar-refractivity contribution in [2.45, 2.75) is 91.1 Å². The van der Waals surface area contributed by atoms with Gasteiger partial charge in [0.1, 0.15) is 35.4 Å². The molecule has 302 valence electrons. The first-order valence-electron chi connectivity index (χ1n) is 19.6. The number of carbonyl (C=O) groups excluding carboxylic acids is 4. The van der Waals surface area contributed by atoms with Crippen LogP contribution in [0.1, 0.15) is 85.0 Å². The molecule has 2 aromatic carbocycles. The van der Waals surface area contributed by atoms with Crippen LogP contribution in [-0.2, 0) is 19.1 Å². The quantitative estimate of drug-likeness (QED) is 0.116. The Labute approximate surface area is 333 Å². The van der Waals surface area contributed by atoms with Crippen LogP contribution in [0.5, 0.6) is 0 Å². The van der Waals surface area contributed by atoms with E-state index in [1.807, 2.05) is 64.1 Å². The van der Waals surface area contributed by atoms with Crippen LogP contribution in [0.2, 0.25) is 0 Å². The number of carbonyl (C=O) groups is 4. The first-order chi connectivity index (χ1) is 27.1. The van der Waals surface area contributed by atoms with Crippen LogP contribution >= 0.6 is 0 Å². The number of nitrogens with zero attached hydrogens (tertiary/aromatic N) is 4. The number of aromatic amines is 2. The Hall–Kier alpha value is -5.92. The third-order valence-electron chi connectivity index (χ3n) is 10.3. The molecule has 2 aliphatic heterocycles. The first kappa shape index (κ1) is 40.7. The molecule has 4 atom stereocenters. The molecular weight excluding hydrogens is 725 g/mol. The topological polar surface area (TPSA) is 175 Å². The maximum absolute atomic E-state index is 13.7. The Balaban J connectivity index is 1.10. The fraction of sp³-hybridized carbons (Fsp3) is 0.442. The predicted octanol–water partition coefficient (Wildman–Crippen LogP) is 7.17. The van der Waals surface area contributed by atoms with E-state index < -0.39 is 35.9 Å². The standard InChI is InChI=1S/C43H54N8O6/c1-25(2)35(48-41(54)56-8)39(52)50-21-9-11-33(50)37-44-23-31(46-37)29-17-13-27(14-18-29)28-15-19-30(20-16-28)32-24-45-38(47-32)34-12-10-22-51(34)40(53)36(26(3)4)49-42(55)57-43(5,6)7/h10,12-20,23-26,33-36H,9,11,21-22H2,1-8H3,(H,44,46)(H,45,47)(H,48,54)(H,49,55)/t33-,34-,35?,36-/m0/s1. The molecule has 4 aromatic rings. The number of nitrogens with one attached hydrogen (secondary N) is 4. The van der Waals surface area contributed by atoms with Crippen molar-refractivity contribution in [2.75, 3.05) is 20.2 Å². The summed E-state index contributed by atoms with van der Waals surface area (Å²) in [5, 5.41) is 5.46. The molecule has 2 aliphatic rings. The molecule has 1 fully saturated rings. The zero-order valence-electron chi connectivity index (χ0n) is 34.0. The smallest absolute Gasteiger partial charge is 0.408 e. The highest BCUT2D eigenvalue weighted by Gasteiger charge is 2.38. The molecule has 14 nitrogen and oxygen atoms in total. The molecule has 4 N–H and O–H groups in total. The number of ether oxygens (including phenoxy) is 2. The van der Waals surface area contributed by atoms with E-state index in [4.69, 9.17) is 9.47 Å². The van der Waals surface area contributed by atoms with Crippen molar-refractivity contribution >= 4 is 24.0 Å². The summed E-state index contributed by atoms with van der Waals surface area (Å²) >= 11 is 0. The zero-order valence-corrected chi connectivity index (χ0v) is 34.0. The van der Waals surface area contributed by atoms with Crippen molar-refractivity contribution in [3.63, 3.8) is 0 Å². The summed E-state index contributed by atoms with van der Waals surface area (Å²) in [5.74, 6) is 0.747. The highest BCUT2D eigenvalue weighted by atomic mass is 16.6. The highest BCUT2D eigenvalue weighted by molar-refractivity contribution is 5.87. The van der Waals surface area contributed by atoms with E-state index in [9.17, 15) is 19.2 Å². The SMILES string of the molecule is COC(=O)NC(C(=O)N1CCC[C@H]1c1ncc(-c2ccc(-c3ccc(-c4cnc([C@@H]5C=CCN5C(=O)[C@@H](NC(=O)OC(C)(C)C)C(C)C)[nH]4)cc3)cc2)[nH]1)C(C)C. The van der Waals surface area contributed by atoms with Gasteiger partial charge >= 0.3 is 12.2 Å². The fourth-order valence-electron chi connectivity index (χ4n) is 7.28. The van der Waals surface area contributed by atoms with E-state index in [1.165, 1.54) is 7.11 Å². The normalized spacial score (nSPS) is 17.9. The summed E-state index contributed by atoms with van der Waals surface area (Å²) < 4.78 is 10.2. The van der Waals surface area contributed by atoms with E-state index in [2.05, 4.69) is 54.8 Å². The number of hydrogen-bond donors (Lipinski definition) is 4. The van der Waals surface area contributed by atoms with E-state index in [0.29, 0.717) is 18.9 Å². The number of hydrogen-bond acceptors (Lipinski definition) is 8. The van der Waals surface area contributed by atoms with Crippen molar-refractivity contribution in [3.8, 4) is 33.6 Å². The van der Waals surface area contributed by atoms with Crippen LogP contribution < -0.4 is 10.6 Å². The molecule has 1 saturated heterocycles. The van der Waals surface area contributed by atoms with Gasteiger partial charge in [-0.15, -0.1) is 0 Å². The lowest BCUT2D eigenvalue weighted by Gasteiger charge is -2.31. The van der Waals surface area contributed by atoms with Gasteiger partial charge in [0.2, 0.25) is 11.8 Å². The summed E-state index contributed by atoms with van der Waals surface area (Å²) in [6, 6.07) is 14.4. The first-order valence-corrected chi connectivity index (χ1v) is 19.6. The molecule has 0 aliphatic carbocycles. The van der Waals surface area contributed by atoms with Crippen molar-refractivity contribution in [1.29, 1.82) is 0 Å². The van der Waals surface area contributed by atoms with Gasteiger partial charge in [-0.05, 0) is 67.7 Å². The summed E-state index contributed by atoms with van der Waals surface area (Å²) in [5.41, 5.74) is 5.01. The van der Waals surface area contributed by atoms with Crippen LogP contribution in [0.3, 0.4) is 0 Å². The van der Waals surface area contributed by atoms with E-state index in [1.54, 1.807) is 43.0 Å². The van der Waals surface area contributed by atoms with E-state index in [0.717, 1.165) is 52.3 Å². The highest BCUT2D eigenvalue weighted by Crippen LogP contribution is 2.34. The second-order valence-electron chi connectivity index (χ2n) is 16.3. The van der Waals surface area contributed by atoms with Gasteiger partial charge in [0.05, 0.1) is 36.9 Å². The van der Waals surface area contributed by atoms with E-state index in [-0.39, 0.29) is 29.7 Å². The second kappa shape index (κ2) is 17.1. The maximum atomic E-state index is 13.7. The number of H-pyrrole nitrogens is 2. The molecule has 0 radical (unpaired) electrons. The van der Waals surface area contributed by atoms with Crippen LogP contribution in [0.15, 0.2) is 73.1 Å². The monoisotopic (exact) mass is 778 g/mol. The molecule has 57 heavy (non-hydrogen) atoms. The van der Waals surface area contributed by atoms with E-state index >= 15 is 0 Å².